The molecule has 23 heavy (non-hydrogen) atoms. The zero-order valence-corrected chi connectivity index (χ0v) is 12.6. The van der Waals surface area contributed by atoms with E-state index in [1.807, 2.05) is 0 Å². The van der Waals surface area contributed by atoms with Crippen molar-refractivity contribution in [3.05, 3.63) is 47.5 Å². The Kier molecular flexibility index (Phi) is 4.66. The van der Waals surface area contributed by atoms with Gasteiger partial charge in [0.25, 0.3) is 0 Å². The minimum Gasteiger partial charge on any atom is -0.353 e. The fourth-order valence-electron chi connectivity index (χ4n) is 1.52. The van der Waals surface area contributed by atoms with E-state index < -0.39 is 21.3 Å². The van der Waals surface area contributed by atoms with Crippen molar-refractivity contribution in [2.75, 3.05) is 10.0 Å². The maximum absolute atomic E-state index is 13.1. The van der Waals surface area contributed by atoms with Crippen molar-refractivity contribution in [1.29, 1.82) is 0 Å². The number of pyridine rings is 1. The highest BCUT2D eigenvalue weighted by molar-refractivity contribution is 7.93. The van der Waals surface area contributed by atoms with Crippen molar-refractivity contribution in [1.82, 2.24) is 4.98 Å². The lowest BCUT2D eigenvalue weighted by atomic mass is 10.3. The largest absolute Gasteiger partial charge is 0.516 e. The summed E-state index contributed by atoms with van der Waals surface area (Å²) >= 11 is 5.60. The van der Waals surface area contributed by atoms with Crippen molar-refractivity contribution in [3.63, 3.8) is 0 Å². The fraction of sp³-hybridized carbons (Fsp3) is 0.0833. The van der Waals surface area contributed by atoms with Crippen LogP contribution >= 0.6 is 11.6 Å². The number of aromatic nitrogens is 1. The third-order valence-electron chi connectivity index (χ3n) is 2.57. The summed E-state index contributed by atoms with van der Waals surface area (Å²) in [7, 11) is -5.58. The highest BCUT2D eigenvalue weighted by Crippen LogP contribution is 2.31. The molecule has 5 nitrogen and oxygen atoms in total. The predicted octanol–water partition coefficient (Wildman–Crippen LogP) is 3.88. The van der Waals surface area contributed by atoms with Crippen molar-refractivity contribution in [2.45, 2.75) is 5.51 Å². The fourth-order valence-corrected chi connectivity index (χ4v) is 2.28. The molecule has 0 bridgehead atoms. The first kappa shape index (κ1) is 17.3. The summed E-state index contributed by atoms with van der Waals surface area (Å²) in [5.41, 5.74) is -5.68. The monoisotopic (exact) mass is 369 g/mol. The van der Waals surface area contributed by atoms with Crippen LogP contribution in [0.15, 0.2) is 36.7 Å². The summed E-state index contributed by atoms with van der Waals surface area (Å²) in [6, 6.07) is 4.54. The van der Waals surface area contributed by atoms with Crippen LogP contribution < -0.4 is 10.0 Å². The molecule has 124 valence electrons. The van der Waals surface area contributed by atoms with Crippen LogP contribution in [0.2, 0.25) is 5.02 Å². The van der Waals surface area contributed by atoms with E-state index in [0.717, 1.165) is 24.5 Å². The Bertz CT molecular complexity index is 827. The number of sulfonamides is 1. The molecule has 2 N–H and O–H groups in total. The second-order valence-electron chi connectivity index (χ2n) is 4.23. The second-order valence-corrected chi connectivity index (χ2v) is 6.31. The van der Waals surface area contributed by atoms with Crippen LogP contribution in [0.1, 0.15) is 0 Å². The van der Waals surface area contributed by atoms with E-state index in [1.54, 1.807) is 0 Å². The summed E-state index contributed by atoms with van der Waals surface area (Å²) < 4.78 is 74.1. The van der Waals surface area contributed by atoms with E-state index in [0.29, 0.717) is 0 Å². The van der Waals surface area contributed by atoms with Gasteiger partial charge in [-0.05, 0) is 24.3 Å². The van der Waals surface area contributed by atoms with E-state index in [-0.39, 0.29) is 22.1 Å². The van der Waals surface area contributed by atoms with Gasteiger partial charge in [0.05, 0.1) is 22.6 Å². The molecule has 0 amide bonds. The van der Waals surface area contributed by atoms with E-state index in [9.17, 15) is 26.0 Å². The molecular formula is C12H8ClF4N3O2S. The van der Waals surface area contributed by atoms with Gasteiger partial charge in [0.2, 0.25) is 0 Å². The predicted molar refractivity (Wildman–Crippen MR) is 77.5 cm³/mol. The van der Waals surface area contributed by atoms with Gasteiger partial charge in [0, 0.05) is 11.9 Å². The molecule has 1 heterocycles. The summed E-state index contributed by atoms with van der Waals surface area (Å²) in [5, 5.41) is 2.39. The molecule has 0 unspecified atom stereocenters. The first-order valence-electron chi connectivity index (χ1n) is 5.85. The minimum absolute atomic E-state index is 0.0667. The molecule has 0 atom stereocenters. The second kappa shape index (κ2) is 6.20. The number of hydrogen-bond acceptors (Lipinski definition) is 4. The van der Waals surface area contributed by atoms with Crippen molar-refractivity contribution in [3.8, 4) is 0 Å². The lowest BCUT2D eigenvalue weighted by molar-refractivity contribution is -0.0429. The lowest BCUT2D eigenvalue weighted by Gasteiger charge is -2.15. The topological polar surface area (TPSA) is 71.1 Å². The van der Waals surface area contributed by atoms with E-state index in [1.165, 1.54) is 16.9 Å². The van der Waals surface area contributed by atoms with Gasteiger partial charge in [-0.3, -0.25) is 9.71 Å². The Balaban J connectivity index is 2.33. The Morgan fingerprint density at radius 2 is 1.83 bits per heavy atom. The van der Waals surface area contributed by atoms with Crippen LogP contribution in [-0.4, -0.2) is 18.9 Å². The lowest BCUT2D eigenvalue weighted by Crippen LogP contribution is -2.30. The van der Waals surface area contributed by atoms with Crippen molar-refractivity contribution in [2.24, 2.45) is 0 Å². The molecule has 0 spiro atoms. The number of nitrogens with zero attached hydrogens (tertiary/aromatic N) is 1. The van der Waals surface area contributed by atoms with Gasteiger partial charge in [-0.1, -0.05) is 11.6 Å². The standard InChI is InChI=1S/C12H8ClF4N3O2S/c13-8-5-7(1-2-9(8)14)19-11-6-18-4-3-10(11)20-23(21,22)12(15,16)17/h1-6,19H,(H,18,20). The summed E-state index contributed by atoms with van der Waals surface area (Å²) in [6.45, 7) is 0. The molecule has 1 aromatic heterocycles. The molecule has 11 heteroatoms. The zero-order chi connectivity index (χ0) is 17.3. The molecule has 2 rings (SSSR count). The van der Waals surface area contributed by atoms with E-state index >= 15 is 0 Å². The Hall–Kier alpha value is -2.07. The third-order valence-corrected chi connectivity index (χ3v) is 3.96. The number of benzene rings is 1. The minimum atomic E-state index is -5.58. The molecule has 0 aliphatic carbocycles. The third kappa shape index (κ3) is 4.02. The SMILES string of the molecule is O=S(=O)(Nc1ccncc1Nc1ccc(F)c(Cl)c1)C(F)(F)F. The number of nitrogens with one attached hydrogen (secondary N) is 2. The molecule has 0 saturated carbocycles. The number of hydrogen-bond donors (Lipinski definition) is 2. The Morgan fingerprint density at radius 3 is 2.43 bits per heavy atom. The maximum atomic E-state index is 13.1. The van der Waals surface area contributed by atoms with Crippen LogP contribution in [0.25, 0.3) is 0 Å². The van der Waals surface area contributed by atoms with E-state index in [2.05, 4.69) is 10.3 Å². The zero-order valence-electron chi connectivity index (χ0n) is 11.0. The normalized spacial score (nSPS) is 12.0. The van der Waals surface area contributed by atoms with E-state index in [4.69, 9.17) is 11.6 Å². The van der Waals surface area contributed by atoms with Gasteiger partial charge < -0.3 is 5.32 Å². The van der Waals surface area contributed by atoms with Gasteiger partial charge in [0.1, 0.15) is 5.82 Å². The molecule has 0 fully saturated rings. The number of rotatable bonds is 4. The summed E-state index contributed by atoms with van der Waals surface area (Å²) in [5.74, 6) is -0.679. The van der Waals surface area contributed by atoms with Crippen LogP contribution in [0.3, 0.4) is 0 Å². The first-order chi connectivity index (χ1) is 10.6. The van der Waals surface area contributed by atoms with Gasteiger partial charge in [0.15, 0.2) is 0 Å². The first-order valence-corrected chi connectivity index (χ1v) is 7.71. The van der Waals surface area contributed by atoms with Gasteiger partial charge in [-0.25, -0.2) is 4.39 Å². The molecule has 0 aliphatic heterocycles. The van der Waals surface area contributed by atoms with Gasteiger partial charge in [-0.2, -0.15) is 21.6 Å². The molecule has 1 aromatic carbocycles. The highest BCUT2D eigenvalue weighted by Gasteiger charge is 2.46. The number of alkyl halides is 3. The molecular weight excluding hydrogens is 362 g/mol. The van der Waals surface area contributed by atoms with Crippen LogP contribution in [0.5, 0.6) is 0 Å². The number of halogens is 5. The number of anilines is 3. The maximum Gasteiger partial charge on any atom is 0.516 e. The van der Waals surface area contributed by atoms with Crippen LogP contribution in [0, 0.1) is 5.82 Å². The van der Waals surface area contributed by atoms with Gasteiger partial charge in [-0.15, -0.1) is 0 Å². The average molecular weight is 370 g/mol. The molecule has 0 aliphatic rings. The Morgan fingerprint density at radius 1 is 1.13 bits per heavy atom. The van der Waals surface area contributed by atoms with Gasteiger partial charge >= 0.3 is 15.5 Å². The highest BCUT2D eigenvalue weighted by atomic mass is 35.5. The van der Waals surface area contributed by atoms with Crippen molar-refractivity contribution < 1.29 is 26.0 Å². The quantitative estimate of drug-likeness (QED) is 0.802. The van der Waals surface area contributed by atoms with Crippen LogP contribution in [-0.2, 0) is 10.0 Å². The average Bonchev–Trinajstić information content (AvgIpc) is 2.43. The molecule has 0 saturated heterocycles. The summed E-state index contributed by atoms with van der Waals surface area (Å²) in [6.07, 6.45) is 2.21. The van der Waals surface area contributed by atoms with Crippen molar-refractivity contribution >= 4 is 38.7 Å². The molecule has 2 aromatic rings. The smallest absolute Gasteiger partial charge is 0.353 e. The van der Waals surface area contributed by atoms with Crippen LogP contribution in [0.4, 0.5) is 34.6 Å². The molecule has 0 radical (unpaired) electrons. The summed E-state index contributed by atoms with van der Waals surface area (Å²) in [4.78, 5) is 3.69. The Labute approximate surface area is 133 Å².